The lowest BCUT2D eigenvalue weighted by Gasteiger charge is -2.38. The van der Waals surface area contributed by atoms with Crippen molar-refractivity contribution in [1.82, 2.24) is 15.5 Å². The van der Waals surface area contributed by atoms with Gasteiger partial charge < -0.3 is 15.7 Å². The second-order valence-electron chi connectivity index (χ2n) is 8.32. The van der Waals surface area contributed by atoms with E-state index in [2.05, 4.69) is 64.7 Å². The second kappa shape index (κ2) is 13.0. The topological polar surface area (TPSA) is 59.9 Å². The van der Waals surface area contributed by atoms with Gasteiger partial charge in [-0.2, -0.15) is 0 Å². The summed E-state index contributed by atoms with van der Waals surface area (Å²) >= 11 is 0. The fourth-order valence-electron chi connectivity index (χ4n) is 3.99. The van der Waals surface area contributed by atoms with Crippen LogP contribution < -0.4 is 10.6 Å². The summed E-state index contributed by atoms with van der Waals surface area (Å²) in [6, 6.07) is 19.6. The molecule has 3 unspecified atom stereocenters. The summed E-state index contributed by atoms with van der Waals surface area (Å²) in [5.74, 6) is 0.789. The summed E-state index contributed by atoms with van der Waals surface area (Å²) in [4.78, 5) is 7.20. The lowest BCUT2D eigenvalue weighted by Crippen LogP contribution is -2.51. The minimum absolute atomic E-state index is 0. The number of piperidine rings is 1. The predicted molar refractivity (Wildman–Crippen MR) is 140 cm³/mol. The maximum absolute atomic E-state index is 10.5. The van der Waals surface area contributed by atoms with E-state index in [1.165, 1.54) is 11.1 Å². The van der Waals surface area contributed by atoms with Crippen molar-refractivity contribution in [2.45, 2.75) is 58.3 Å². The highest BCUT2D eigenvalue weighted by Gasteiger charge is 2.26. The Morgan fingerprint density at radius 1 is 1.16 bits per heavy atom. The number of benzene rings is 2. The van der Waals surface area contributed by atoms with E-state index in [4.69, 9.17) is 0 Å². The normalized spacial score (nSPS) is 20.6. The van der Waals surface area contributed by atoms with Crippen LogP contribution in [-0.4, -0.2) is 47.7 Å². The zero-order chi connectivity index (χ0) is 21.3. The first-order chi connectivity index (χ1) is 14.5. The number of rotatable bonds is 7. The molecule has 3 rings (SSSR count). The average Bonchev–Trinajstić information content (AvgIpc) is 2.75. The van der Waals surface area contributed by atoms with E-state index in [-0.39, 0.29) is 24.0 Å². The Bertz CT molecular complexity index is 797. The summed E-state index contributed by atoms with van der Waals surface area (Å²) < 4.78 is 0. The summed E-state index contributed by atoms with van der Waals surface area (Å²) in [6.45, 7) is 9.65. The molecular formula is C25H37IN4O. The van der Waals surface area contributed by atoms with Crippen molar-refractivity contribution in [2.75, 3.05) is 19.6 Å². The van der Waals surface area contributed by atoms with Crippen molar-refractivity contribution in [2.24, 2.45) is 4.99 Å². The lowest BCUT2D eigenvalue weighted by atomic mass is 9.97. The minimum atomic E-state index is -0.590. The van der Waals surface area contributed by atoms with E-state index in [0.717, 1.165) is 44.0 Å². The van der Waals surface area contributed by atoms with Crippen LogP contribution in [-0.2, 0) is 6.54 Å². The molecule has 170 valence electrons. The Kier molecular flexibility index (Phi) is 10.8. The van der Waals surface area contributed by atoms with Gasteiger partial charge in [-0.1, -0.05) is 60.2 Å². The van der Waals surface area contributed by atoms with Crippen LogP contribution in [0.25, 0.3) is 0 Å². The van der Waals surface area contributed by atoms with Crippen LogP contribution >= 0.6 is 24.0 Å². The highest BCUT2D eigenvalue weighted by atomic mass is 127. The first kappa shape index (κ1) is 25.6. The third-order valence-electron chi connectivity index (χ3n) is 5.81. The molecule has 0 spiro atoms. The van der Waals surface area contributed by atoms with Crippen LogP contribution in [0.1, 0.15) is 49.5 Å². The Morgan fingerprint density at radius 2 is 1.87 bits per heavy atom. The molecule has 5 nitrogen and oxygen atoms in total. The molecule has 31 heavy (non-hydrogen) atoms. The van der Waals surface area contributed by atoms with Gasteiger partial charge in [0, 0.05) is 31.7 Å². The van der Waals surface area contributed by atoms with Gasteiger partial charge in [0.25, 0.3) is 0 Å². The quantitative estimate of drug-likeness (QED) is 0.281. The maximum atomic E-state index is 10.5. The number of likely N-dealkylation sites (tertiary alicyclic amines) is 1. The molecular weight excluding hydrogens is 499 g/mol. The number of aliphatic hydroxyl groups excluding tert-OH is 1. The number of guanidine groups is 1. The van der Waals surface area contributed by atoms with E-state index >= 15 is 0 Å². The van der Waals surface area contributed by atoms with Gasteiger partial charge in [-0.25, -0.2) is 0 Å². The third kappa shape index (κ3) is 8.09. The molecule has 0 aliphatic carbocycles. The summed E-state index contributed by atoms with van der Waals surface area (Å²) in [5.41, 5.74) is 3.47. The van der Waals surface area contributed by atoms with Gasteiger partial charge in [0.15, 0.2) is 5.96 Å². The van der Waals surface area contributed by atoms with Gasteiger partial charge in [0.1, 0.15) is 0 Å². The summed E-state index contributed by atoms with van der Waals surface area (Å²) in [6.07, 6.45) is 1.58. The molecule has 0 radical (unpaired) electrons. The molecule has 1 saturated heterocycles. The van der Waals surface area contributed by atoms with Crippen LogP contribution in [0.15, 0.2) is 59.6 Å². The second-order valence-corrected chi connectivity index (χ2v) is 8.32. The highest BCUT2D eigenvalue weighted by Crippen LogP contribution is 2.20. The SMILES string of the molecule is CCNC(=NCC(O)c1ccc(C)cc1)NC1CCN(Cc2ccccc2)C(C)C1.I. The number of hydrogen-bond donors (Lipinski definition) is 3. The fraction of sp³-hybridized carbons (Fsp3) is 0.480. The van der Waals surface area contributed by atoms with E-state index in [1.807, 2.05) is 31.2 Å². The Labute approximate surface area is 204 Å². The molecule has 6 heteroatoms. The molecule has 3 N–H and O–H groups in total. The van der Waals surface area contributed by atoms with Crippen molar-refractivity contribution in [3.63, 3.8) is 0 Å². The van der Waals surface area contributed by atoms with Crippen molar-refractivity contribution < 1.29 is 5.11 Å². The standard InChI is InChI=1S/C25H36N4O.HI/c1-4-26-25(27-17-24(30)22-12-10-19(2)11-13-22)28-23-14-15-29(20(3)16-23)18-21-8-6-5-7-9-21;/h5-13,20,23-24,30H,4,14-18H2,1-3H3,(H2,26,27,28);1H. The van der Waals surface area contributed by atoms with Crippen LogP contribution in [0.3, 0.4) is 0 Å². The molecule has 0 amide bonds. The smallest absolute Gasteiger partial charge is 0.191 e. The molecule has 1 aliphatic rings. The molecule has 2 aromatic carbocycles. The molecule has 0 aromatic heterocycles. The van der Waals surface area contributed by atoms with Crippen molar-refractivity contribution in [3.8, 4) is 0 Å². The molecule has 1 aliphatic heterocycles. The Balaban J connectivity index is 0.00000341. The number of aliphatic hydroxyl groups is 1. The summed E-state index contributed by atoms with van der Waals surface area (Å²) in [5, 5.41) is 17.4. The van der Waals surface area contributed by atoms with E-state index < -0.39 is 6.10 Å². The molecule has 2 aromatic rings. The highest BCUT2D eigenvalue weighted by molar-refractivity contribution is 14.0. The van der Waals surface area contributed by atoms with Crippen molar-refractivity contribution in [1.29, 1.82) is 0 Å². The Morgan fingerprint density at radius 3 is 2.52 bits per heavy atom. The zero-order valence-electron chi connectivity index (χ0n) is 18.9. The largest absolute Gasteiger partial charge is 0.386 e. The lowest BCUT2D eigenvalue weighted by molar-refractivity contribution is 0.134. The van der Waals surface area contributed by atoms with Crippen molar-refractivity contribution >= 4 is 29.9 Å². The number of hydrogen-bond acceptors (Lipinski definition) is 3. The van der Waals surface area contributed by atoms with E-state index in [1.54, 1.807) is 0 Å². The van der Waals surface area contributed by atoms with Crippen LogP contribution in [0.4, 0.5) is 0 Å². The molecule has 1 heterocycles. The van der Waals surface area contributed by atoms with Crippen LogP contribution in [0.5, 0.6) is 0 Å². The van der Waals surface area contributed by atoms with E-state index in [0.29, 0.717) is 18.6 Å². The molecule has 3 atom stereocenters. The minimum Gasteiger partial charge on any atom is -0.386 e. The monoisotopic (exact) mass is 536 g/mol. The predicted octanol–water partition coefficient (Wildman–Crippen LogP) is 4.25. The first-order valence-electron chi connectivity index (χ1n) is 11.1. The van der Waals surface area contributed by atoms with Crippen molar-refractivity contribution in [3.05, 3.63) is 71.3 Å². The number of nitrogens with zero attached hydrogens (tertiary/aromatic N) is 2. The maximum Gasteiger partial charge on any atom is 0.191 e. The number of halogens is 1. The van der Waals surface area contributed by atoms with Gasteiger partial charge >= 0.3 is 0 Å². The van der Waals surface area contributed by atoms with Crippen LogP contribution in [0, 0.1) is 6.92 Å². The first-order valence-corrected chi connectivity index (χ1v) is 11.1. The third-order valence-corrected chi connectivity index (χ3v) is 5.81. The van der Waals surface area contributed by atoms with Gasteiger partial charge in [-0.3, -0.25) is 9.89 Å². The summed E-state index contributed by atoms with van der Waals surface area (Å²) in [7, 11) is 0. The average molecular weight is 537 g/mol. The number of aryl methyl sites for hydroxylation is 1. The fourth-order valence-corrected chi connectivity index (χ4v) is 3.99. The number of aliphatic imine (C=N–C) groups is 1. The van der Waals surface area contributed by atoms with Gasteiger partial charge in [0.2, 0.25) is 0 Å². The zero-order valence-corrected chi connectivity index (χ0v) is 21.3. The van der Waals surface area contributed by atoms with Crippen LogP contribution in [0.2, 0.25) is 0 Å². The Hall–Kier alpha value is -1.64. The molecule has 0 saturated carbocycles. The van der Waals surface area contributed by atoms with Gasteiger partial charge in [-0.05, 0) is 44.7 Å². The molecule has 0 bridgehead atoms. The van der Waals surface area contributed by atoms with Gasteiger partial charge in [-0.15, -0.1) is 24.0 Å². The molecule has 1 fully saturated rings. The van der Waals surface area contributed by atoms with E-state index in [9.17, 15) is 5.11 Å². The number of nitrogens with one attached hydrogen (secondary N) is 2. The van der Waals surface area contributed by atoms with Gasteiger partial charge in [0.05, 0.1) is 12.6 Å².